The molecule has 0 N–H and O–H groups in total. The lowest BCUT2D eigenvalue weighted by atomic mass is 9.93. The lowest BCUT2D eigenvalue weighted by molar-refractivity contribution is 0.101. The number of carbonyl (C=O) groups excluding carboxylic acids is 1. The first-order valence-corrected chi connectivity index (χ1v) is 8.11. The Hall–Kier alpha value is -2.52. The number of rotatable bonds is 2. The lowest BCUT2D eigenvalue weighted by Gasteiger charge is -2.08. The van der Waals surface area contributed by atoms with E-state index in [1.54, 1.807) is 0 Å². The summed E-state index contributed by atoms with van der Waals surface area (Å²) in [5, 5.41) is 0. The Bertz CT molecular complexity index is 928. The highest BCUT2D eigenvalue weighted by atomic mass is 79.9. The number of aliphatic imine (C=N–C) groups is 1. The van der Waals surface area contributed by atoms with Gasteiger partial charge in [-0.1, -0.05) is 76.6 Å². The van der Waals surface area contributed by atoms with E-state index in [4.69, 9.17) is 0 Å². The van der Waals surface area contributed by atoms with Crippen LogP contribution in [0.25, 0.3) is 11.1 Å². The Balaban J connectivity index is 1.88. The lowest BCUT2D eigenvalue weighted by Crippen LogP contribution is -2.01. The smallest absolute Gasteiger partial charge is 0.267 e. The fourth-order valence-corrected chi connectivity index (χ4v) is 3.15. The van der Waals surface area contributed by atoms with Gasteiger partial charge in [-0.2, -0.15) is 0 Å². The molecule has 0 radical (unpaired) electrons. The van der Waals surface area contributed by atoms with Crippen molar-refractivity contribution in [1.82, 2.24) is 0 Å². The van der Waals surface area contributed by atoms with Crippen LogP contribution in [0.2, 0.25) is 0 Å². The van der Waals surface area contributed by atoms with E-state index in [0.717, 1.165) is 32.4 Å². The van der Waals surface area contributed by atoms with Crippen molar-refractivity contribution in [1.29, 1.82) is 0 Å². The minimum atomic E-state index is -0.169. The second-order valence-electron chi connectivity index (χ2n) is 5.37. The summed E-state index contributed by atoms with van der Waals surface area (Å²) in [6.07, 6.45) is 0. The van der Waals surface area contributed by atoms with Gasteiger partial charge in [0.05, 0.1) is 11.3 Å². The molecular formula is C20H12BrNO. The maximum Gasteiger partial charge on any atom is 0.278 e. The molecule has 0 fully saturated rings. The second kappa shape index (κ2) is 5.60. The topological polar surface area (TPSA) is 29.4 Å². The van der Waals surface area contributed by atoms with Gasteiger partial charge in [0.2, 0.25) is 0 Å². The Morgan fingerprint density at radius 2 is 1.39 bits per heavy atom. The molecule has 0 unspecified atom stereocenters. The van der Waals surface area contributed by atoms with E-state index in [1.165, 1.54) is 0 Å². The Labute approximate surface area is 142 Å². The van der Waals surface area contributed by atoms with Gasteiger partial charge in [0.15, 0.2) is 0 Å². The quantitative estimate of drug-likeness (QED) is 0.623. The van der Waals surface area contributed by atoms with Gasteiger partial charge >= 0.3 is 0 Å². The summed E-state index contributed by atoms with van der Waals surface area (Å²) in [5.41, 5.74) is 5.25. The molecule has 1 amide bonds. The summed E-state index contributed by atoms with van der Waals surface area (Å²) in [4.78, 5) is 16.8. The monoisotopic (exact) mass is 361 g/mol. The van der Waals surface area contributed by atoms with Gasteiger partial charge in [-0.15, -0.1) is 0 Å². The van der Waals surface area contributed by atoms with E-state index in [2.05, 4.69) is 20.9 Å². The molecule has 3 aromatic rings. The summed E-state index contributed by atoms with van der Waals surface area (Å²) in [7, 11) is 0. The van der Waals surface area contributed by atoms with Crippen LogP contribution in [-0.4, -0.2) is 11.6 Å². The van der Waals surface area contributed by atoms with Crippen LogP contribution in [0.1, 0.15) is 21.5 Å². The number of halogens is 1. The largest absolute Gasteiger partial charge is 0.278 e. The van der Waals surface area contributed by atoms with Gasteiger partial charge in [0.1, 0.15) is 0 Å². The molecule has 0 bridgehead atoms. The first kappa shape index (κ1) is 14.1. The fourth-order valence-electron chi connectivity index (χ4n) is 2.88. The Morgan fingerprint density at radius 1 is 0.696 bits per heavy atom. The zero-order chi connectivity index (χ0) is 15.8. The van der Waals surface area contributed by atoms with Crippen LogP contribution >= 0.6 is 15.9 Å². The van der Waals surface area contributed by atoms with Crippen molar-refractivity contribution >= 4 is 27.5 Å². The van der Waals surface area contributed by atoms with Crippen molar-refractivity contribution in [2.45, 2.75) is 0 Å². The first-order chi connectivity index (χ1) is 11.2. The van der Waals surface area contributed by atoms with E-state index in [-0.39, 0.29) is 5.91 Å². The van der Waals surface area contributed by atoms with E-state index >= 15 is 0 Å². The van der Waals surface area contributed by atoms with E-state index in [0.29, 0.717) is 5.56 Å². The van der Waals surface area contributed by atoms with Gasteiger partial charge in [0.25, 0.3) is 5.91 Å². The molecule has 23 heavy (non-hydrogen) atoms. The number of carbonyl (C=O) groups is 1. The molecule has 1 heterocycles. The molecule has 4 rings (SSSR count). The maximum atomic E-state index is 12.5. The third-order valence-electron chi connectivity index (χ3n) is 3.95. The second-order valence-corrected chi connectivity index (χ2v) is 6.28. The summed E-state index contributed by atoms with van der Waals surface area (Å²) >= 11 is 3.44. The highest BCUT2D eigenvalue weighted by Gasteiger charge is 2.27. The predicted octanol–water partition coefficient (Wildman–Crippen LogP) is 5.11. The van der Waals surface area contributed by atoms with Gasteiger partial charge in [-0.05, 0) is 23.3 Å². The van der Waals surface area contributed by atoms with Crippen molar-refractivity contribution in [3.8, 4) is 11.1 Å². The van der Waals surface area contributed by atoms with Crippen molar-refractivity contribution in [3.63, 3.8) is 0 Å². The van der Waals surface area contributed by atoms with Gasteiger partial charge in [-0.3, -0.25) is 4.79 Å². The van der Waals surface area contributed by atoms with E-state index in [9.17, 15) is 4.79 Å². The molecule has 0 atom stereocenters. The number of fused-ring (bicyclic) bond motifs is 1. The Kier molecular flexibility index (Phi) is 3.43. The minimum absolute atomic E-state index is 0.169. The number of nitrogens with zero attached hydrogens (tertiary/aromatic N) is 1. The van der Waals surface area contributed by atoms with Crippen molar-refractivity contribution < 1.29 is 4.79 Å². The molecular weight excluding hydrogens is 350 g/mol. The molecule has 0 aliphatic carbocycles. The molecule has 110 valence electrons. The molecule has 1 aliphatic heterocycles. The first-order valence-electron chi connectivity index (χ1n) is 7.32. The summed E-state index contributed by atoms with van der Waals surface area (Å²) in [6, 6.07) is 23.7. The van der Waals surface area contributed by atoms with Crippen LogP contribution in [0.4, 0.5) is 0 Å². The van der Waals surface area contributed by atoms with Crippen LogP contribution in [0.3, 0.4) is 0 Å². The molecule has 0 aromatic heterocycles. The van der Waals surface area contributed by atoms with Crippen LogP contribution < -0.4 is 0 Å². The fraction of sp³-hybridized carbons (Fsp3) is 0. The SMILES string of the molecule is O=C1N=C(c2ccccc2)c2cccc(-c3ccc(Br)cc3)c21. The average Bonchev–Trinajstić information content (AvgIpc) is 2.94. The molecule has 1 aliphatic rings. The molecule has 3 heteroatoms. The zero-order valence-corrected chi connectivity index (χ0v) is 13.7. The van der Waals surface area contributed by atoms with Gasteiger partial charge < -0.3 is 0 Å². The third kappa shape index (κ3) is 2.43. The standard InChI is InChI=1S/C20H12BrNO/c21-15-11-9-13(10-12-15)16-7-4-8-17-18(16)20(23)22-19(17)14-5-2-1-3-6-14/h1-12H. The number of amides is 1. The zero-order valence-electron chi connectivity index (χ0n) is 12.2. The van der Waals surface area contributed by atoms with Crippen LogP contribution in [-0.2, 0) is 0 Å². The van der Waals surface area contributed by atoms with Gasteiger partial charge in [-0.25, -0.2) is 4.99 Å². The number of hydrogen-bond donors (Lipinski definition) is 0. The summed E-state index contributed by atoms with van der Waals surface area (Å²) < 4.78 is 1.02. The highest BCUT2D eigenvalue weighted by molar-refractivity contribution is 9.10. The molecule has 2 nitrogen and oxygen atoms in total. The van der Waals surface area contributed by atoms with Crippen molar-refractivity contribution in [3.05, 3.63) is 94.0 Å². The van der Waals surface area contributed by atoms with Crippen LogP contribution in [0, 0.1) is 0 Å². The Morgan fingerprint density at radius 3 is 2.13 bits per heavy atom. The third-order valence-corrected chi connectivity index (χ3v) is 4.48. The molecule has 0 saturated heterocycles. The summed E-state index contributed by atoms with van der Waals surface area (Å²) in [5.74, 6) is -0.169. The average molecular weight is 362 g/mol. The number of hydrogen-bond acceptors (Lipinski definition) is 1. The molecule has 0 saturated carbocycles. The maximum absolute atomic E-state index is 12.5. The highest BCUT2D eigenvalue weighted by Crippen LogP contribution is 2.33. The van der Waals surface area contributed by atoms with E-state index < -0.39 is 0 Å². The predicted molar refractivity (Wildman–Crippen MR) is 96.0 cm³/mol. The van der Waals surface area contributed by atoms with E-state index in [1.807, 2.05) is 72.8 Å². The minimum Gasteiger partial charge on any atom is -0.267 e. The molecule has 0 spiro atoms. The van der Waals surface area contributed by atoms with Crippen molar-refractivity contribution in [2.24, 2.45) is 4.99 Å². The molecule has 3 aromatic carbocycles. The van der Waals surface area contributed by atoms with Crippen molar-refractivity contribution in [2.75, 3.05) is 0 Å². The normalized spacial score (nSPS) is 12.9. The van der Waals surface area contributed by atoms with Crippen LogP contribution in [0.15, 0.2) is 82.3 Å². The van der Waals surface area contributed by atoms with Crippen LogP contribution in [0.5, 0.6) is 0 Å². The summed E-state index contributed by atoms with van der Waals surface area (Å²) in [6.45, 7) is 0. The van der Waals surface area contributed by atoms with Gasteiger partial charge in [0, 0.05) is 15.6 Å². The number of benzene rings is 3.